The van der Waals surface area contributed by atoms with Gasteiger partial charge in [-0.15, -0.1) is 0 Å². The zero-order valence-corrected chi connectivity index (χ0v) is 19.9. The van der Waals surface area contributed by atoms with Gasteiger partial charge in [-0.3, -0.25) is 9.69 Å². The topological polar surface area (TPSA) is 32.3 Å². The van der Waals surface area contributed by atoms with Crippen molar-refractivity contribution in [3.63, 3.8) is 0 Å². The van der Waals surface area contributed by atoms with Crippen molar-refractivity contribution in [3.8, 4) is 0 Å². The molecule has 0 unspecified atom stereocenters. The third kappa shape index (κ3) is 4.34. The summed E-state index contributed by atoms with van der Waals surface area (Å²) in [4.78, 5) is 15.4. The highest BCUT2D eigenvalue weighted by Crippen LogP contribution is 2.37. The van der Waals surface area contributed by atoms with Gasteiger partial charge in [0, 0.05) is 15.5 Å². The lowest BCUT2D eigenvalue weighted by atomic mass is 9.82. The number of unbranched alkanes of at least 4 members (excludes halogenated alkanes) is 4. The zero-order chi connectivity index (χ0) is 20.1. The van der Waals surface area contributed by atoms with Crippen molar-refractivity contribution in [2.24, 2.45) is 0 Å². The standard InChI is InChI=1S/C22H24Br2N2OS/c1-2-3-4-5-6-15-26-20(27)22(25-21(26)28,16-7-11-18(23)12-8-16)17-9-13-19(24)14-10-17/h7-14H,2-6,15H2,1H3,(H,25,28). The Morgan fingerprint density at radius 2 is 1.39 bits per heavy atom. The minimum absolute atomic E-state index is 0.00219. The molecule has 0 spiro atoms. The van der Waals surface area contributed by atoms with E-state index in [0.29, 0.717) is 11.7 Å². The summed E-state index contributed by atoms with van der Waals surface area (Å²) >= 11 is 12.6. The number of amides is 1. The highest BCUT2D eigenvalue weighted by atomic mass is 79.9. The second-order valence-electron chi connectivity index (χ2n) is 7.06. The fourth-order valence-corrected chi connectivity index (χ4v) is 4.47. The first-order valence-electron chi connectivity index (χ1n) is 9.65. The van der Waals surface area contributed by atoms with E-state index in [1.807, 2.05) is 48.5 Å². The van der Waals surface area contributed by atoms with Crippen molar-refractivity contribution in [2.75, 3.05) is 6.54 Å². The molecule has 0 aliphatic carbocycles. The normalized spacial score (nSPS) is 15.8. The van der Waals surface area contributed by atoms with Gasteiger partial charge in [0.2, 0.25) is 0 Å². The van der Waals surface area contributed by atoms with E-state index in [0.717, 1.165) is 32.9 Å². The molecule has 0 saturated carbocycles. The first-order chi connectivity index (χ1) is 13.5. The Morgan fingerprint density at radius 3 is 1.89 bits per heavy atom. The molecule has 1 heterocycles. The van der Waals surface area contributed by atoms with Gasteiger partial charge in [-0.25, -0.2) is 0 Å². The summed E-state index contributed by atoms with van der Waals surface area (Å²) in [6.45, 7) is 2.86. The summed E-state index contributed by atoms with van der Waals surface area (Å²) < 4.78 is 1.95. The lowest BCUT2D eigenvalue weighted by molar-refractivity contribution is -0.130. The van der Waals surface area contributed by atoms with E-state index in [9.17, 15) is 4.79 Å². The van der Waals surface area contributed by atoms with Crippen LogP contribution in [0.5, 0.6) is 0 Å². The minimum Gasteiger partial charge on any atom is -0.341 e. The van der Waals surface area contributed by atoms with E-state index in [1.54, 1.807) is 4.90 Å². The Hall–Kier alpha value is -1.24. The molecular formula is C22H24Br2N2OS. The van der Waals surface area contributed by atoms with Crippen LogP contribution in [0.2, 0.25) is 0 Å². The van der Waals surface area contributed by atoms with Crippen LogP contribution in [-0.4, -0.2) is 22.5 Å². The molecule has 3 rings (SSSR count). The molecule has 2 aromatic carbocycles. The van der Waals surface area contributed by atoms with Gasteiger partial charge in [-0.1, -0.05) is 88.7 Å². The molecule has 1 N–H and O–H groups in total. The number of hydrogen-bond acceptors (Lipinski definition) is 2. The van der Waals surface area contributed by atoms with Gasteiger partial charge < -0.3 is 5.32 Å². The predicted molar refractivity (Wildman–Crippen MR) is 125 cm³/mol. The maximum absolute atomic E-state index is 13.7. The van der Waals surface area contributed by atoms with Gasteiger partial charge in [0.1, 0.15) is 0 Å². The second-order valence-corrected chi connectivity index (χ2v) is 9.28. The fourth-order valence-electron chi connectivity index (χ4n) is 3.61. The van der Waals surface area contributed by atoms with Gasteiger partial charge in [-0.2, -0.15) is 0 Å². The van der Waals surface area contributed by atoms with E-state index in [-0.39, 0.29) is 5.91 Å². The van der Waals surface area contributed by atoms with E-state index >= 15 is 0 Å². The van der Waals surface area contributed by atoms with Crippen LogP contribution in [0.4, 0.5) is 0 Å². The number of nitrogens with zero attached hydrogens (tertiary/aromatic N) is 1. The van der Waals surface area contributed by atoms with Crippen LogP contribution in [-0.2, 0) is 10.3 Å². The van der Waals surface area contributed by atoms with Gasteiger partial charge in [-0.05, 0) is 54.0 Å². The number of carbonyl (C=O) groups is 1. The summed E-state index contributed by atoms with van der Waals surface area (Å²) in [5.74, 6) is -0.00219. The van der Waals surface area contributed by atoms with E-state index in [1.165, 1.54) is 19.3 Å². The summed E-state index contributed by atoms with van der Waals surface area (Å²) in [6.07, 6.45) is 5.72. The number of rotatable bonds is 8. The van der Waals surface area contributed by atoms with E-state index < -0.39 is 5.54 Å². The van der Waals surface area contributed by atoms with Crippen molar-refractivity contribution < 1.29 is 4.79 Å². The Labute approximate surface area is 189 Å². The number of thiocarbonyl (C=S) groups is 1. The van der Waals surface area contributed by atoms with Crippen LogP contribution in [0.25, 0.3) is 0 Å². The first-order valence-corrected chi connectivity index (χ1v) is 11.6. The molecule has 0 atom stereocenters. The van der Waals surface area contributed by atoms with Crippen LogP contribution >= 0.6 is 44.1 Å². The van der Waals surface area contributed by atoms with Crippen molar-refractivity contribution in [1.82, 2.24) is 10.2 Å². The third-order valence-electron chi connectivity index (χ3n) is 5.15. The Bertz CT molecular complexity index is 791. The number of halogens is 2. The van der Waals surface area contributed by atoms with Crippen LogP contribution in [0.1, 0.15) is 50.2 Å². The fraction of sp³-hybridized carbons (Fsp3) is 0.364. The molecule has 1 aliphatic rings. The molecule has 1 saturated heterocycles. The van der Waals surface area contributed by atoms with Gasteiger partial charge in [0.25, 0.3) is 5.91 Å². The van der Waals surface area contributed by atoms with Crippen LogP contribution in [0.3, 0.4) is 0 Å². The quantitative estimate of drug-likeness (QED) is 0.333. The Balaban J connectivity index is 1.93. The summed E-state index contributed by atoms with van der Waals surface area (Å²) in [5, 5.41) is 3.87. The molecule has 1 amide bonds. The monoisotopic (exact) mass is 522 g/mol. The Morgan fingerprint density at radius 1 is 0.893 bits per heavy atom. The average Bonchev–Trinajstić information content (AvgIpc) is 2.94. The van der Waals surface area contributed by atoms with Crippen molar-refractivity contribution >= 4 is 55.1 Å². The van der Waals surface area contributed by atoms with Gasteiger partial charge >= 0.3 is 0 Å². The molecule has 1 fully saturated rings. The van der Waals surface area contributed by atoms with E-state index in [4.69, 9.17) is 12.2 Å². The molecule has 0 radical (unpaired) electrons. The molecule has 28 heavy (non-hydrogen) atoms. The summed E-state index contributed by atoms with van der Waals surface area (Å²) in [6, 6.07) is 15.7. The Kier molecular flexibility index (Phi) is 7.29. The van der Waals surface area contributed by atoms with E-state index in [2.05, 4.69) is 44.1 Å². The molecule has 2 aromatic rings. The maximum Gasteiger partial charge on any atom is 0.263 e. The average molecular weight is 524 g/mol. The van der Waals surface area contributed by atoms with Crippen molar-refractivity contribution in [3.05, 3.63) is 68.6 Å². The molecular weight excluding hydrogens is 500 g/mol. The summed E-state index contributed by atoms with van der Waals surface area (Å²) in [7, 11) is 0. The van der Waals surface area contributed by atoms with Crippen LogP contribution in [0.15, 0.2) is 57.5 Å². The molecule has 0 aromatic heterocycles. The minimum atomic E-state index is -0.984. The second kappa shape index (κ2) is 9.51. The SMILES string of the molecule is CCCCCCCN1C(=O)C(c2ccc(Br)cc2)(c2ccc(Br)cc2)NC1=S. The number of carbonyl (C=O) groups excluding carboxylic acids is 1. The zero-order valence-electron chi connectivity index (χ0n) is 15.9. The van der Waals surface area contributed by atoms with Crippen molar-refractivity contribution in [2.45, 2.75) is 44.6 Å². The summed E-state index contributed by atoms with van der Waals surface area (Å²) in [5.41, 5.74) is 0.791. The molecule has 6 heteroatoms. The number of nitrogens with one attached hydrogen (secondary N) is 1. The van der Waals surface area contributed by atoms with Crippen molar-refractivity contribution in [1.29, 1.82) is 0 Å². The molecule has 0 bridgehead atoms. The largest absolute Gasteiger partial charge is 0.341 e. The highest BCUT2D eigenvalue weighted by molar-refractivity contribution is 9.10. The molecule has 1 aliphatic heterocycles. The lowest BCUT2D eigenvalue weighted by Crippen LogP contribution is -2.45. The number of hydrogen-bond donors (Lipinski definition) is 1. The maximum atomic E-state index is 13.7. The van der Waals surface area contributed by atoms with Crippen LogP contribution in [0, 0.1) is 0 Å². The van der Waals surface area contributed by atoms with Gasteiger partial charge in [0.05, 0.1) is 0 Å². The predicted octanol–water partition coefficient (Wildman–Crippen LogP) is 6.14. The molecule has 3 nitrogen and oxygen atoms in total. The van der Waals surface area contributed by atoms with Gasteiger partial charge in [0.15, 0.2) is 10.7 Å². The number of benzene rings is 2. The van der Waals surface area contributed by atoms with Crippen LogP contribution < -0.4 is 5.32 Å². The third-order valence-corrected chi connectivity index (χ3v) is 6.53. The molecule has 148 valence electrons. The lowest BCUT2D eigenvalue weighted by Gasteiger charge is -2.28. The first kappa shape index (κ1) is 21.5. The highest BCUT2D eigenvalue weighted by Gasteiger charge is 2.51. The smallest absolute Gasteiger partial charge is 0.263 e.